The molecule has 42 heavy (non-hydrogen) atoms. The molecule has 220 valence electrons. The van der Waals surface area contributed by atoms with Crippen LogP contribution in [-0.4, -0.2) is 83.9 Å². The predicted molar refractivity (Wildman–Crippen MR) is 159 cm³/mol. The maximum Gasteiger partial charge on any atom is 0.230 e. The van der Waals surface area contributed by atoms with Crippen molar-refractivity contribution in [3.63, 3.8) is 0 Å². The number of nitriles is 2. The largest absolute Gasteiger partial charge is 0.371 e. The highest BCUT2D eigenvalue weighted by molar-refractivity contribution is 5.93. The van der Waals surface area contributed by atoms with Crippen molar-refractivity contribution in [2.75, 3.05) is 72.8 Å². The highest BCUT2D eigenvalue weighted by atomic mass is 16.2. The summed E-state index contributed by atoms with van der Waals surface area (Å²) in [5.74, 6) is 1.79. The van der Waals surface area contributed by atoms with Gasteiger partial charge >= 0.3 is 0 Å². The Hall–Kier alpha value is -4.58. The van der Waals surface area contributed by atoms with Gasteiger partial charge in [-0.15, -0.1) is 0 Å². The maximum atomic E-state index is 12.2. The molecule has 2 aromatic heterocycles. The summed E-state index contributed by atoms with van der Waals surface area (Å²) in [5, 5.41) is 23.4. The van der Waals surface area contributed by atoms with Gasteiger partial charge in [0.2, 0.25) is 11.8 Å². The van der Waals surface area contributed by atoms with Crippen molar-refractivity contribution in [1.82, 2.24) is 19.8 Å². The summed E-state index contributed by atoms with van der Waals surface area (Å²) in [5.41, 5.74) is 1.11. The molecule has 4 fully saturated rings. The highest BCUT2D eigenvalue weighted by Gasteiger charge is 2.29. The zero-order valence-corrected chi connectivity index (χ0v) is 23.9. The number of nitrogens with one attached hydrogen (secondary N) is 2. The molecule has 2 atom stereocenters. The number of carbonyl (C=O) groups excluding carboxylic acids is 2. The maximum absolute atomic E-state index is 12.2. The van der Waals surface area contributed by atoms with E-state index in [1.807, 2.05) is 30.3 Å². The molecule has 12 nitrogen and oxygen atoms in total. The van der Waals surface area contributed by atoms with Crippen molar-refractivity contribution in [3.05, 3.63) is 36.5 Å². The van der Waals surface area contributed by atoms with Gasteiger partial charge in [-0.1, -0.05) is 6.07 Å². The molecule has 2 aromatic rings. The van der Waals surface area contributed by atoms with Crippen LogP contribution in [0, 0.1) is 34.7 Å². The second-order valence-electron chi connectivity index (χ2n) is 11.2. The summed E-state index contributed by atoms with van der Waals surface area (Å²) >= 11 is 0. The summed E-state index contributed by atoms with van der Waals surface area (Å²) in [7, 11) is 0. The number of rotatable bonds is 6. The molecule has 0 spiro atoms. The van der Waals surface area contributed by atoms with Crippen molar-refractivity contribution in [1.29, 1.82) is 10.5 Å². The molecule has 2 N–H and O–H groups in total. The van der Waals surface area contributed by atoms with Crippen LogP contribution in [0.2, 0.25) is 0 Å². The van der Waals surface area contributed by atoms with Crippen LogP contribution in [0.1, 0.15) is 38.5 Å². The molecule has 0 unspecified atom stereocenters. The first-order valence-corrected chi connectivity index (χ1v) is 14.9. The van der Waals surface area contributed by atoms with Gasteiger partial charge in [0, 0.05) is 70.3 Å². The van der Waals surface area contributed by atoms with Crippen LogP contribution in [0.4, 0.5) is 23.1 Å². The van der Waals surface area contributed by atoms with Crippen LogP contribution in [0.25, 0.3) is 0 Å². The molecular weight excluding hydrogens is 532 g/mol. The van der Waals surface area contributed by atoms with Crippen LogP contribution in [-0.2, 0) is 9.59 Å². The molecule has 0 saturated carbocycles. The number of likely N-dealkylation sites (tertiary alicyclic amines) is 2. The lowest BCUT2D eigenvalue weighted by Gasteiger charge is -2.18. The second-order valence-corrected chi connectivity index (χ2v) is 11.2. The summed E-state index contributed by atoms with van der Waals surface area (Å²) in [6.07, 6.45) is 12.2. The number of carbonyl (C=O) groups is 2. The van der Waals surface area contributed by atoms with Crippen molar-refractivity contribution < 1.29 is 9.59 Å². The fourth-order valence-corrected chi connectivity index (χ4v) is 5.86. The van der Waals surface area contributed by atoms with Crippen LogP contribution in [0.15, 0.2) is 36.5 Å². The third-order valence-electron chi connectivity index (χ3n) is 8.28. The number of anilines is 4. The number of aromatic nitrogens is 2. The molecule has 12 heteroatoms. The van der Waals surface area contributed by atoms with E-state index >= 15 is 0 Å². The first-order chi connectivity index (χ1) is 20.5. The third kappa shape index (κ3) is 7.38. The Bertz CT molecular complexity index is 1220. The average molecular weight is 571 g/mol. The Morgan fingerprint density at radius 2 is 1.33 bits per heavy atom. The number of hydrogen-bond acceptors (Lipinski definition) is 10. The standard InChI is InChI=1S/2C15H19N5O/c16-11-19-8-4-12(10-19)15(21)18-14-9-13(3-5-17-14)20-6-1-2-7-20;16-11-19-9-6-12(10-19)15(21)18-13-4-3-5-14(17-13)20-7-1-2-8-20/h3,5,9,12H,1-2,4,6-8,10H2,(H,17,18,21);3-5,12H,1-2,6-10H2,(H,17,18,21)/t2*12-/m00/s1. The molecule has 0 radical (unpaired) electrons. The number of amides is 2. The van der Waals surface area contributed by atoms with Gasteiger partial charge in [0.05, 0.1) is 11.8 Å². The molecule has 6 rings (SSSR count). The van der Waals surface area contributed by atoms with Crippen LogP contribution >= 0.6 is 0 Å². The van der Waals surface area contributed by atoms with E-state index in [2.05, 4.69) is 42.8 Å². The molecule has 4 aliphatic rings. The number of nitrogens with zero attached hydrogens (tertiary/aromatic N) is 8. The van der Waals surface area contributed by atoms with Gasteiger partial charge in [-0.05, 0) is 56.7 Å². The Morgan fingerprint density at radius 1 is 0.762 bits per heavy atom. The van der Waals surface area contributed by atoms with Crippen LogP contribution in [0.3, 0.4) is 0 Å². The predicted octanol–water partition coefficient (Wildman–Crippen LogP) is 2.85. The lowest BCUT2D eigenvalue weighted by molar-refractivity contribution is -0.120. The Morgan fingerprint density at radius 3 is 1.90 bits per heavy atom. The Balaban J connectivity index is 0.000000168. The van der Waals surface area contributed by atoms with Crippen molar-refractivity contribution in [2.24, 2.45) is 11.8 Å². The fourth-order valence-electron chi connectivity index (χ4n) is 5.86. The van der Waals surface area contributed by atoms with Gasteiger partial charge in [-0.25, -0.2) is 9.97 Å². The highest BCUT2D eigenvalue weighted by Crippen LogP contribution is 2.24. The van der Waals surface area contributed by atoms with E-state index in [9.17, 15) is 9.59 Å². The zero-order valence-electron chi connectivity index (χ0n) is 23.9. The van der Waals surface area contributed by atoms with Crippen LogP contribution < -0.4 is 20.4 Å². The van der Waals surface area contributed by atoms with Gasteiger partial charge in [-0.2, -0.15) is 10.5 Å². The van der Waals surface area contributed by atoms with E-state index in [1.54, 1.807) is 16.0 Å². The number of hydrogen-bond donors (Lipinski definition) is 2. The summed E-state index contributed by atoms with van der Waals surface area (Å²) in [6.45, 7) is 6.54. The van der Waals surface area contributed by atoms with Gasteiger partial charge in [-0.3, -0.25) is 9.59 Å². The molecule has 2 amide bonds. The smallest absolute Gasteiger partial charge is 0.230 e. The van der Waals surface area contributed by atoms with E-state index in [1.165, 1.54) is 25.7 Å². The Labute approximate surface area is 246 Å². The second kappa shape index (κ2) is 13.9. The minimum Gasteiger partial charge on any atom is -0.371 e. The van der Waals surface area contributed by atoms with E-state index in [4.69, 9.17) is 10.5 Å². The molecule has 0 bridgehead atoms. The van der Waals surface area contributed by atoms with Crippen molar-refractivity contribution >= 4 is 35.0 Å². The van der Waals surface area contributed by atoms with Gasteiger partial charge < -0.3 is 30.2 Å². The van der Waals surface area contributed by atoms with Gasteiger partial charge in [0.15, 0.2) is 12.4 Å². The van der Waals surface area contributed by atoms with Gasteiger partial charge in [0.1, 0.15) is 17.5 Å². The first kappa shape index (κ1) is 28.9. The summed E-state index contributed by atoms with van der Waals surface area (Å²) in [4.78, 5) is 41.0. The first-order valence-electron chi connectivity index (χ1n) is 14.9. The fraction of sp³-hybridized carbons (Fsp3) is 0.533. The third-order valence-corrected chi connectivity index (χ3v) is 8.28. The lowest BCUT2D eigenvalue weighted by atomic mass is 10.1. The van der Waals surface area contributed by atoms with E-state index in [0.29, 0.717) is 37.8 Å². The monoisotopic (exact) mass is 570 g/mol. The van der Waals surface area contributed by atoms with E-state index in [0.717, 1.165) is 50.5 Å². The number of pyridine rings is 2. The minimum atomic E-state index is -0.123. The average Bonchev–Trinajstić information content (AvgIpc) is 3.84. The molecule has 6 heterocycles. The van der Waals surface area contributed by atoms with Crippen molar-refractivity contribution in [3.8, 4) is 12.4 Å². The minimum absolute atomic E-state index is 0.0428. The zero-order chi connectivity index (χ0) is 29.3. The lowest BCUT2D eigenvalue weighted by Crippen LogP contribution is -2.26. The normalized spacial score (nSPS) is 21.4. The van der Waals surface area contributed by atoms with Crippen molar-refractivity contribution in [2.45, 2.75) is 38.5 Å². The molecule has 0 aliphatic carbocycles. The summed E-state index contributed by atoms with van der Waals surface area (Å²) in [6, 6.07) is 9.63. The van der Waals surface area contributed by atoms with Crippen LogP contribution in [0.5, 0.6) is 0 Å². The molecule has 4 aliphatic heterocycles. The topological polar surface area (TPSA) is 145 Å². The van der Waals surface area contributed by atoms with E-state index in [-0.39, 0.29) is 23.7 Å². The van der Waals surface area contributed by atoms with Gasteiger partial charge in [0.25, 0.3) is 0 Å². The SMILES string of the molecule is N#CN1CC[C@H](C(=O)Nc2cc(N3CCCC3)ccn2)C1.N#CN1CC[C@H](C(=O)Nc2cccc(N3CCCC3)n2)C1. The molecule has 0 aromatic carbocycles. The molecule has 4 saturated heterocycles. The summed E-state index contributed by atoms with van der Waals surface area (Å²) < 4.78 is 0. The van der Waals surface area contributed by atoms with E-state index < -0.39 is 0 Å². The quantitative estimate of drug-likeness (QED) is 0.497. The molecular formula is C30H38N10O2. The Kier molecular flexibility index (Phi) is 9.55.